The molecular weight excluding hydrogens is 489 g/mol. The number of morpholine rings is 1. The summed E-state index contributed by atoms with van der Waals surface area (Å²) in [5.74, 6) is -1.34. The molecule has 32 heavy (non-hydrogen) atoms. The van der Waals surface area contributed by atoms with Crippen molar-refractivity contribution >= 4 is 57.8 Å². The van der Waals surface area contributed by atoms with Gasteiger partial charge < -0.3 is 14.4 Å². The molecule has 0 radical (unpaired) electrons. The number of anilines is 1. The van der Waals surface area contributed by atoms with E-state index in [-0.39, 0.29) is 11.3 Å². The van der Waals surface area contributed by atoms with E-state index in [0.29, 0.717) is 26.3 Å². The molecule has 3 rings (SSSR count). The van der Waals surface area contributed by atoms with Crippen molar-refractivity contribution in [1.29, 1.82) is 0 Å². The van der Waals surface area contributed by atoms with Crippen LogP contribution < -0.4 is 4.90 Å². The first kappa shape index (κ1) is 24.0. The maximum atomic E-state index is 12.4. The average molecular weight is 505 g/mol. The molecule has 1 aliphatic heterocycles. The van der Waals surface area contributed by atoms with Gasteiger partial charge in [-0.05, 0) is 11.6 Å². The third-order valence-electron chi connectivity index (χ3n) is 4.72. The van der Waals surface area contributed by atoms with E-state index in [1.54, 1.807) is 23.1 Å². The summed E-state index contributed by atoms with van der Waals surface area (Å²) < 4.78 is 8.11. The minimum absolute atomic E-state index is 0.129. The number of carbonyl (C=O) groups is 1. The monoisotopic (exact) mass is 503 g/mol. The van der Waals surface area contributed by atoms with Gasteiger partial charge in [0.15, 0.2) is 11.7 Å². The number of hydrogen-bond donors (Lipinski definition) is 0. The predicted octanol–water partition coefficient (Wildman–Crippen LogP) is 4.34. The van der Waals surface area contributed by atoms with Gasteiger partial charge in [-0.25, -0.2) is 4.79 Å². The molecule has 0 aromatic heterocycles. The summed E-state index contributed by atoms with van der Waals surface area (Å²) in [4.78, 5) is 36.5. The lowest BCUT2D eigenvalue weighted by Gasteiger charge is -2.29. The second-order valence-electron chi connectivity index (χ2n) is 6.67. The fraction of sp³-hybridized carbons (Fsp3) is 0.316. The Hall–Kier alpha value is -2.66. The van der Waals surface area contributed by atoms with Crippen LogP contribution in [0.3, 0.4) is 0 Å². The summed E-state index contributed by atoms with van der Waals surface area (Å²) in [6, 6.07) is 10.2. The van der Waals surface area contributed by atoms with E-state index in [1.165, 1.54) is 18.2 Å². The van der Waals surface area contributed by atoms with E-state index in [9.17, 15) is 25.0 Å². The van der Waals surface area contributed by atoms with Crippen LogP contribution >= 0.6 is 34.8 Å². The number of esters is 1. The van der Waals surface area contributed by atoms with Crippen molar-refractivity contribution in [3.63, 3.8) is 0 Å². The van der Waals surface area contributed by atoms with Gasteiger partial charge in [-0.1, -0.05) is 65.1 Å². The highest BCUT2D eigenvalue weighted by Crippen LogP contribution is 2.45. The van der Waals surface area contributed by atoms with Gasteiger partial charge in [0, 0.05) is 19.2 Å². The molecular formula is C19H16Cl3N3O7. The number of nitro benzene ring substituents is 2. The summed E-state index contributed by atoms with van der Waals surface area (Å²) >= 11 is 16.9. The first-order chi connectivity index (χ1) is 15.1. The fourth-order valence-electron chi connectivity index (χ4n) is 3.35. The molecule has 1 unspecified atom stereocenters. The molecule has 0 amide bonds. The SMILES string of the molecule is O=C(OC(c1ccccc1)c1c([N+](=O)[O-])ccc(N2CCOCC2)c1[N+](=O)[O-])C(Cl)(Cl)Cl. The van der Waals surface area contributed by atoms with E-state index in [1.807, 2.05) is 0 Å². The lowest BCUT2D eigenvalue weighted by molar-refractivity contribution is -0.395. The molecule has 0 aliphatic carbocycles. The molecule has 170 valence electrons. The Balaban J connectivity index is 2.28. The molecule has 1 fully saturated rings. The van der Waals surface area contributed by atoms with Gasteiger partial charge in [0.2, 0.25) is 0 Å². The molecule has 10 nitrogen and oxygen atoms in total. The van der Waals surface area contributed by atoms with Gasteiger partial charge in [-0.3, -0.25) is 20.2 Å². The molecule has 1 aliphatic rings. The highest BCUT2D eigenvalue weighted by molar-refractivity contribution is 6.75. The fourth-order valence-corrected chi connectivity index (χ4v) is 3.48. The van der Waals surface area contributed by atoms with E-state index >= 15 is 0 Å². The Morgan fingerprint density at radius 3 is 2.19 bits per heavy atom. The summed E-state index contributed by atoms with van der Waals surface area (Å²) in [7, 11) is 0. The normalized spacial score (nSPS) is 15.2. The second-order valence-corrected chi connectivity index (χ2v) is 8.95. The van der Waals surface area contributed by atoms with Crippen LogP contribution in [0.1, 0.15) is 17.2 Å². The van der Waals surface area contributed by atoms with Crippen LogP contribution in [0.2, 0.25) is 0 Å². The van der Waals surface area contributed by atoms with Crippen molar-refractivity contribution in [1.82, 2.24) is 0 Å². The van der Waals surface area contributed by atoms with Crippen LogP contribution in [-0.4, -0.2) is 45.9 Å². The van der Waals surface area contributed by atoms with E-state index in [0.717, 1.165) is 6.07 Å². The maximum Gasteiger partial charge on any atom is 0.359 e. The van der Waals surface area contributed by atoms with Crippen LogP contribution in [0.25, 0.3) is 0 Å². The van der Waals surface area contributed by atoms with Crippen molar-refractivity contribution in [2.45, 2.75) is 9.90 Å². The van der Waals surface area contributed by atoms with Crippen LogP contribution in [0.15, 0.2) is 42.5 Å². The predicted molar refractivity (Wildman–Crippen MR) is 117 cm³/mol. The Morgan fingerprint density at radius 2 is 1.66 bits per heavy atom. The van der Waals surface area contributed by atoms with Crippen LogP contribution in [-0.2, 0) is 14.3 Å². The zero-order valence-corrected chi connectivity index (χ0v) is 18.5. The Labute approximate surface area is 196 Å². The number of nitro groups is 2. The number of nitrogens with zero attached hydrogens (tertiary/aromatic N) is 3. The van der Waals surface area contributed by atoms with Gasteiger partial charge in [-0.2, -0.15) is 0 Å². The van der Waals surface area contributed by atoms with Crippen molar-refractivity contribution in [2.75, 3.05) is 31.2 Å². The summed E-state index contributed by atoms with van der Waals surface area (Å²) in [5, 5.41) is 24.0. The van der Waals surface area contributed by atoms with Crippen molar-refractivity contribution in [3.8, 4) is 0 Å². The smallest absolute Gasteiger partial charge is 0.359 e. The first-order valence-corrected chi connectivity index (χ1v) is 10.4. The molecule has 2 aromatic carbocycles. The highest BCUT2D eigenvalue weighted by Gasteiger charge is 2.42. The number of carbonyl (C=O) groups excluding carboxylic acids is 1. The topological polar surface area (TPSA) is 125 Å². The number of halogens is 3. The Kier molecular flexibility index (Phi) is 7.40. The Morgan fingerprint density at radius 1 is 1.03 bits per heavy atom. The maximum absolute atomic E-state index is 12.4. The minimum Gasteiger partial charge on any atom is -0.449 e. The number of benzene rings is 2. The zero-order valence-electron chi connectivity index (χ0n) is 16.3. The van der Waals surface area contributed by atoms with Gasteiger partial charge >= 0.3 is 11.7 Å². The zero-order chi connectivity index (χ0) is 23.5. The van der Waals surface area contributed by atoms with E-state index in [4.69, 9.17) is 44.3 Å². The largest absolute Gasteiger partial charge is 0.449 e. The van der Waals surface area contributed by atoms with Crippen molar-refractivity contribution in [3.05, 3.63) is 73.8 Å². The van der Waals surface area contributed by atoms with Crippen LogP contribution in [0.4, 0.5) is 17.1 Å². The number of alkyl halides is 3. The molecule has 0 saturated carbocycles. The van der Waals surface area contributed by atoms with Crippen molar-refractivity contribution in [2.24, 2.45) is 0 Å². The van der Waals surface area contributed by atoms with Gasteiger partial charge in [0.1, 0.15) is 5.69 Å². The summed E-state index contributed by atoms with van der Waals surface area (Å²) in [6.07, 6.45) is -1.58. The standard InChI is InChI=1S/C19H16Cl3N3O7/c20-19(21,22)18(26)32-17(12-4-2-1-3-5-12)15-13(24(27)28)6-7-14(16(15)25(29)30)23-8-10-31-11-9-23/h1-7,17H,8-11H2. The molecule has 13 heteroatoms. The molecule has 1 saturated heterocycles. The molecule has 1 heterocycles. The number of rotatable bonds is 6. The van der Waals surface area contributed by atoms with Gasteiger partial charge in [0.25, 0.3) is 9.48 Å². The minimum atomic E-state index is -2.50. The quantitative estimate of drug-likeness (QED) is 0.246. The van der Waals surface area contributed by atoms with Crippen LogP contribution in [0, 0.1) is 20.2 Å². The van der Waals surface area contributed by atoms with E-state index in [2.05, 4.69) is 0 Å². The van der Waals surface area contributed by atoms with Gasteiger partial charge in [0.05, 0.1) is 23.1 Å². The molecule has 2 aromatic rings. The molecule has 1 atom stereocenters. The lowest BCUT2D eigenvalue weighted by atomic mass is 9.96. The Bertz CT molecular complexity index is 1020. The number of ether oxygens (including phenoxy) is 2. The average Bonchev–Trinajstić information content (AvgIpc) is 2.76. The third kappa shape index (κ3) is 5.21. The van der Waals surface area contributed by atoms with Crippen LogP contribution in [0.5, 0.6) is 0 Å². The molecule has 0 spiro atoms. The first-order valence-electron chi connectivity index (χ1n) is 9.22. The molecule has 0 bridgehead atoms. The van der Waals surface area contributed by atoms with Crippen molar-refractivity contribution < 1.29 is 24.1 Å². The summed E-state index contributed by atoms with van der Waals surface area (Å²) in [6.45, 7) is 1.33. The third-order valence-corrected chi connectivity index (χ3v) is 5.19. The molecule has 0 N–H and O–H groups in total. The lowest BCUT2D eigenvalue weighted by Crippen LogP contribution is -2.36. The van der Waals surface area contributed by atoms with Gasteiger partial charge in [-0.15, -0.1) is 0 Å². The highest BCUT2D eigenvalue weighted by atomic mass is 35.6. The van der Waals surface area contributed by atoms with E-state index < -0.39 is 42.7 Å². The second kappa shape index (κ2) is 9.86. The number of hydrogen-bond acceptors (Lipinski definition) is 8. The summed E-state index contributed by atoms with van der Waals surface area (Å²) in [5.41, 5.74) is -1.27.